The highest BCUT2D eigenvalue weighted by atomic mass is 16.5. The Kier molecular flexibility index (Phi) is 6.47. The van der Waals surface area contributed by atoms with Crippen molar-refractivity contribution in [3.05, 3.63) is 65.7 Å². The van der Waals surface area contributed by atoms with Crippen molar-refractivity contribution in [2.45, 2.75) is 6.92 Å². The Morgan fingerprint density at radius 1 is 0.900 bits per heavy atom. The number of carbonyl (C=O) groups excluding carboxylic acids is 1. The summed E-state index contributed by atoms with van der Waals surface area (Å²) >= 11 is 0. The van der Waals surface area contributed by atoms with Crippen LogP contribution in [-0.4, -0.2) is 32.0 Å². The van der Waals surface area contributed by atoms with Crippen molar-refractivity contribution in [3.63, 3.8) is 0 Å². The topological polar surface area (TPSA) is 29.5 Å². The van der Waals surface area contributed by atoms with Crippen molar-refractivity contribution >= 4 is 5.97 Å². The summed E-state index contributed by atoms with van der Waals surface area (Å²) in [6.45, 7) is 1.89. The molecule has 2 aromatic rings. The van der Waals surface area contributed by atoms with E-state index in [1.807, 2.05) is 69.4 Å². The number of para-hydroxylation sites is 1. The average Bonchev–Trinajstić information content (AvgIpc) is 2.39. The van der Waals surface area contributed by atoms with Crippen LogP contribution in [0.3, 0.4) is 0 Å². The molecule has 0 aromatic heterocycles. The zero-order valence-electron chi connectivity index (χ0n) is 12.5. The maximum atomic E-state index is 11.8. The first kappa shape index (κ1) is 15.9. The van der Waals surface area contributed by atoms with Gasteiger partial charge in [0.2, 0.25) is 0 Å². The maximum absolute atomic E-state index is 11.8. The molecule has 0 aliphatic carbocycles. The standard InChI is InChI=1S/C14H12O2.C3H9N/c1-11-7-5-6-10-13(11)14(15)16-12-8-3-2-4-9-12;1-4(2)3/h2-10H,1H3;1-3H3. The lowest BCUT2D eigenvalue weighted by molar-refractivity contribution is 0.0734. The molecule has 20 heavy (non-hydrogen) atoms. The van der Waals surface area contributed by atoms with Crippen LogP contribution in [0.2, 0.25) is 0 Å². The number of esters is 1. The van der Waals surface area contributed by atoms with Gasteiger partial charge in [0.15, 0.2) is 0 Å². The maximum Gasteiger partial charge on any atom is 0.343 e. The van der Waals surface area contributed by atoms with Crippen LogP contribution in [0.15, 0.2) is 54.6 Å². The fourth-order valence-corrected chi connectivity index (χ4v) is 1.45. The van der Waals surface area contributed by atoms with Crippen molar-refractivity contribution in [3.8, 4) is 5.75 Å². The van der Waals surface area contributed by atoms with Gasteiger partial charge in [-0.3, -0.25) is 0 Å². The Morgan fingerprint density at radius 2 is 1.40 bits per heavy atom. The van der Waals surface area contributed by atoms with Crippen molar-refractivity contribution in [2.24, 2.45) is 0 Å². The molecule has 0 unspecified atom stereocenters. The van der Waals surface area contributed by atoms with Gasteiger partial charge in [-0.15, -0.1) is 0 Å². The van der Waals surface area contributed by atoms with E-state index in [4.69, 9.17) is 4.74 Å². The molecule has 0 atom stereocenters. The first-order valence-corrected chi connectivity index (χ1v) is 6.44. The van der Waals surface area contributed by atoms with Crippen molar-refractivity contribution in [1.82, 2.24) is 4.90 Å². The first-order chi connectivity index (χ1) is 9.50. The Balaban J connectivity index is 0.000000444. The molecular weight excluding hydrogens is 250 g/mol. The second-order valence-corrected chi connectivity index (χ2v) is 4.86. The van der Waals surface area contributed by atoms with Crippen LogP contribution in [0.25, 0.3) is 0 Å². The minimum atomic E-state index is -0.315. The monoisotopic (exact) mass is 271 g/mol. The van der Waals surface area contributed by atoms with Gasteiger partial charge in [0.1, 0.15) is 5.75 Å². The van der Waals surface area contributed by atoms with E-state index in [0.717, 1.165) is 5.56 Å². The van der Waals surface area contributed by atoms with Crippen LogP contribution >= 0.6 is 0 Å². The molecule has 0 saturated carbocycles. The molecule has 0 amide bonds. The predicted octanol–water partition coefficient (Wildman–Crippen LogP) is 3.39. The van der Waals surface area contributed by atoms with Crippen LogP contribution in [0.5, 0.6) is 5.75 Å². The van der Waals surface area contributed by atoms with E-state index >= 15 is 0 Å². The number of benzene rings is 2. The highest BCUT2D eigenvalue weighted by molar-refractivity contribution is 5.92. The highest BCUT2D eigenvalue weighted by Crippen LogP contribution is 2.13. The number of nitrogens with zero attached hydrogens (tertiary/aromatic N) is 1. The molecule has 0 fully saturated rings. The normalized spacial score (nSPS) is 9.65. The summed E-state index contributed by atoms with van der Waals surface area (Å²) in [4.78, 5) is 13.8. The van der Waals surface area contributed by atoms with Gasteiger partial charge in [0.25, 0.3) is 0 Å². The minimum absolute atomic E-state index is 0.315. The fraction of sp³-hybridized carbons (Fsp3) is 0.235. The average molecular weight is 271 g/mol. The number of hydrogen-bond acceptors (Lipinski definition) is 3. The molecule has 0 heterocycles. The van der Waals surface area contributed by atoms with Crippen LogP contribution in [0.4, 0.5) is 0 Å². The number of ether oxygens (including phenoxy) is 1. The van der Waals surface area contributed by atoms with Gasteiger partial charge in [0, 0.05) is 0 Å². The molecule has 106 valence electrons. The molecule has 2 aromatic carbocycles. The molecule has 0 spiro atoms. The van der Waals surface area contributed by atoms with Gasteiger partial charge in [-0.1, -0.05) is 36.4 Å². The van der Waals surface area contributed by atoms with Gasteiger partial charge in [-0.25, -0.2) is 4.79 Å². The molecule has 0 saturated heterocycles. The first-order valence-electron chi connectivity index (χ1n) is 6.44. The van der Waals surface area contributed by atoms with E-state index in [1.54, 1.807) is 18.2 Å². The second-order valence-electron chi connectivity index (χ2n) is 4.86. The Hall–Kier alpha value is -2.13. The molecule has 0 aliphatic heterocycles. The molecule has 3 heteroatoms. The van der Waals surface area contributed by atoms with Crippen molar-refractivity contribution in [1.29, 1.82) is 0 Å². The van der Waals surface area contributed by atoms with Crippen LogP contribution in [-0.2, 0) is 0 Å². The van der Waals surface area contributed by atoms with Gasteiger partial charge < -0.3 is 9.64 Å². The lowest BCUT2D eigenvalue weighted by Gasteiger charge is -2.05. The Bertz CT molecular complexity index is 533. The largest absolute Gasteiger partial charge is 0.423 e. The Labute approximate surface area is 120 Å². The second kappa shape index (κ2) is 8.12. The third kappa shape index (κ3) is 5.67. The summed E-state index contributed by atoms with van der Waals surface area (Å²) in [6.07, 6.45) is 0. The molecule has 0 radical (unpaired) electrons. The summed E-state index contributed by atoms with van der Waals surface area (Å²) in [5, 5.41) is 0. The summed E-state index contributed by atoms with van der Waals surface area (Å²) in [7, 11) is 6.00. The SMILES string of the molecule is CN(C)C.Cc1ccccc1C(=O)Oc1ccccc1. The van der Waals surface area contributed by atoms with Crippen molar-refractivity contribution < 1.29 is 9.53 Å². The minimum Gasteiger partial charge on any atom is -0.423 e. The number of hydrogen-bond donors (Lipinski definition) is 0. The summed E-state index contributed by atoms with van der Waals surface area (Å²) < 4.78 is 5.24. The van der Waals surface area contributed by atoms with Crippen LogP contribution in [0.1, 0.15) is 15.9 Å². The fourth-order valence-electron chi connectivity index (χ4n) is 1.45. The zero-order valence-corrected chi connectivity index (χ0v) is 12.5. The van der Waals surface area contributed by atoms with Gasteiger partial charge in [-0.05, 0) is 51.8 Å². The third-order valence-corrected chi connectivity index (χ3v) is 2.32. The van der Waals surface area contributed by atoms with E-state index in [0.29, 0.717) is 11.3 Å². The van der Waals surface area contributed by atoms with Crippen molar-refractivity contribution in [2.75, 3.05) is 21.1 Å². The highest BCUT2D eigenvalue weighted by Gasteiger charge is 2.09. The van der Waals surface area contributed by atoms with E-state index in [1.165, 1.54) is 0 Å². The molecule has 0 aliphatic rings. The van der Waals surface area contributed by atoms with E-state index < -0.39 is 0 Å². The van der Waals surface area contributed by atoms with Gasteiger partial charge >= 0.3 is 5.97 Å². The lowest BCUT2D eigenvalue weighted by atomic mass is 10.1. The van der Waals surface area contributed by atoms with Crippen LogP contribution < -0.4 is 4.74 Å². The van der Waals surface area contributed by atoms with E-state index in [2.05, 4.69) is 0 Å². The van der Waals surface area contributed by atoms with E-state index in [-0.39, 0.29) is 5.97 Å². The number of aryl methyl sites for hydroxylation is 1. The zero-order chi connectivity index (χ0) is 15.0. The Morgan fingerprint density at radius 3 is 1.95 bits per heavy atom. The molecule has 2 rings (SSSR count). The number of rotatable bonds is 2. The summed E-state index contributed by atoms with van der Waals surface area (Å²) in [5.74, 6) is 0.250. The molecular formula is C17H21NO2. The summed E-state index contributed by atoms with van der Waals surface area (Å²) in [5.41, 5.74) is 1.52. The third-order valence-electron chi connectivity index (χ3n) is 2.32. The van der Waals surface area contributed by atoms with Crippen LogP contribution in [0, 0.1) is 6.92 Å². The lowest BCUT2D eigenvalue weighted by Crippen LogP contribution is -2.09. The molecule has 3 nitrogen and oxygen atoms in total. The predicted molar refractivity (Wildman–Crippen MR) is 82.2 cm³/mol. The van der Waals surface area contributed by atoms with E-state index in [9.17, 15) is 4.79 Å². The quantitative estimate of drug-likeness (QED) is 0.619. The van der Waals surface area contributed by atoms with Gasteiger partial charge in [-0.2, -0.15) is 0 Å². The summed E-state index contributed by atoms with van der Waals surface area (Å²) in [6, 6.07) is 16.4. The van der Waals surface area contributed by atoms with Gasteiger partial charge in [0.05, 0.1) is 5.56 Å². The molecule has 0 bridgehead atoms. The number of carbonyl (C=O) groups is 1. The smallest absolute Gasteiger partial charge is 0.343 e. The molecule has 0 N–H and O–H groups in total.